The molecule has 0 radical (unpaired) electrons. The first-order valence-corrected chi connectivity index (χ1v) is 8.21. The summed E-state index contributed by atoms with van der Waals surface area (Å²) in [6.07, 6.45) is 2.21. The Morgan fingerprint density at radius 1 is 1.32 bits per heavy atom. The molecule has 2 rings (SSSR count). The van der Waals surface area contributed by atoms with Crippen LogP contribution < -0.4 is 10.2 Å². The number of carbonyl (C=O) groups is 1. The van der Waals surface area contributed by atoms with E-state index >= 15 is 0 Å². The van der Waals surface area contributed by atoms with E-state index < -0.39 is 0 Å². The van der Waals surface area contributed by atoms with Gasteiger partial charge in [0.1, 0.15) is 11.9 Å². The summed E-state index contributed by atoms with van der Waals surface area (Å²) in [6, 6.07) is 8.17. The van der Waals surface area contributed by atoms with Crippen LogP contribution in [0.5, 0.6) is 0 Å². The minimum Gasteiger partial charge on any atom is -0.368 e. The number of Topliss-reactive ketones (excluding diaryl/α,β-unsaturated/α-hetero) is 1. The van der Waals surface area contributed by atoms with Crippen molar-refractivity contribution in [3.63, 3.8) is 0 Å². The van der Waals surface area contributed by atoms with Crippen molar-refractivity contribution in [1.29, 1.82) is 5.26 Å². The lowest BCUT2D eigenvalue weighted by Gasteiger charge is -2.30. The molecule has 22 heavy (non-hydrogen) atoms. The number of nitriles is 1. The Balaban J connectivity index is 2.15. The van der Waals surface area contributed by atoms with Crippen molar-refractivity contribution >= 4 is 11.5 Å². The van der Waals surface area contributed by atoms with Gasteiger partial charge in [-0.3, -0.25) is 4.79 Å². The number of benzene rings is 1. The molecular formula is C18H25N3O. The number of nitrogens with zero attached hydrogens (tertiary/aromatic N) is 2. The molecule has 1 aliphatic heterocycles. The van der Waals surface area contributed by atoms with Crippen LogP contribution in [0.2, 0.25) is 0 Å². The van der Waals surface area contributed by atoms with E-state index in [1.165, 1.54) is 0 Å². The van der Waals surface area contributed by atoms with Gasteiger partial charge in [0.2, 0.25) is 0 Å². The molecule has 0 unspecified atom stereocenters. The molecule has 0 aliphatic carbocycles. The van der Waals surface area contributed by atoms with E-state index in [1.807, 2.05) is 18.2 Å². The second-order valence-corrected chi connectivity index (χ2v) is 5.86. The monoisotopic (exact) mass is 299 g/mol. The first kappa shape index (κ1) is 16.5. The molecule has 1 heterocycles. The van der Waals surface area contributed by atoms with Gasteiger partial charge in [-0.1, -0.05) is 19.9 Å². The van der Waals surface area contributed by atoms with Crippen molar-refractivity contribution in [3.05, 3.63) is 29.3 Å². The minimum atomic E-state index is 0.137. The fourth-order valence-corrected chi connectivity index (χ4v) is 3.05. The number of hydrogen-bond acceptors (Lipinski definition) is 4. The Morgan fingerprint density at radius 2 is 2.00 bits per heavy atom. The average molecular weight is 299 g/mol. The van der Waals surface area contributed by atoms with Gasteiger partial charge < -0.3 is 10.2 Å². The number of piperazine rings is 1. The molecule has 1 N–H and O–H groups in total. The lowest BCUT2D eigenvalue weighted by molar-refractivity contribution is -0.122. The summed E-state index contributed by atoms with van der Waals surface area (Å²) in [5, 5.41) is 12.7. The molecule has 1 aromatic carbocycles. The summed E-state index contributed by atoms with van der Waals surface area (Å²) >= 11 is 0. The van der Waals surface area contributed by atoms with Crippen LogP contribution in [0, 0.1) is 17.2 Å². The molecule has 4 nitrogen and oxygen atoms in total. The number of nitrogens with one attached hydrogen (secondary N) is 1. The fraction of sp³-hybridized carbons (Fsp3) is 0.556. The van der Waals surface area contributed by atoms with Gasteiger partial charge in [0, 0.05) is 38.5 Å². The third kappa shape index (κ3) is 3.86. The highest BCUT2D eigenvalue weighted by Crippen LogP contribution is 2.23. The smallest absolute Gasteiger partial charge is 0.140 e. The number of carbonyl (C=O) groups excluding carboxylic acids is 1. The van der Waals surface area contributed by atoms with E-state index in [1.54, 1.807) is 0 Å². The van der Waals surface area contributed by atoms with Gasteiger partial charge in [-0.05, 0) is 30.5 Å². The number of rotatable bonds is 6. The molecule has 0 atom stereocenters. The second-order valence-electron chi connectivity index (χ2n) is 5.86. The van der Waals surface area contributed by atoms with Crippen molar-refractivity contribution in [2.45, 2.75) is 33.1 Å². The summed E-state index contributed by atoms with van der Waals surface area (Å²) in [7, 11) is 0. The molecule has 1 aromatic rings. The molecule has 0 bridgehead atoms. The standard InChI is InChI=1S/C18H25N3O/c1-3-15(4-2)18(22)12-14-5-6-17(16(11-14)13-19)21-9-7-20-8-10-21/h5-6,11,15,20H,3-4,7-10,12H2,1-2H3. The van der Waals surface area contributed by atoms with E-state index in [9.17, 15) is 10.1 Å². The van der Waals surface area contributed by atoms with Crippen LogP contribution in [0.25, 0.3) is 0 Å². The molecule has 4 heteroatoms. The zero-order valence-electron chi connectivity index (χ0n) is 13.6. The average Bonchev–Trinajstić information content (AvgIpc) is 2.56. The lowest BCUT2D eigenvalue weighted by atomic mass is 9.93. The maximum absolute atomic E-state index is 12.3. The Kier molecular flexibility index (Phi) is 5.97. The van der Waals surface area contributed by atoms with Crippen molar-refractivity contribution in [1.82, 2.24) is 5.32 Å². The lowest BCUT2D eigenvalue weighted by Crippen LogP contribution is -2.43. The van der Waals surface area contributed by atoms with Crippen LogP contribution in [0.1, 0.15) is 37.8 Å². The predicted octanol–water partition coefficient (Wildman–Crippen LogP) is 2.52. The highest BCUT2D eigenvalue weighted by molar-refractivity contribution is 5.83. The molecule has 118 valence electrons. The normalized spacial score (nSPS) is 14.9. The summed E-state index contributed by atoms with van der Waals surface area (Å²) < 4.78 is 0. The summed E-state index contributed by atoms with van der Waals surface area (Å²) in [5.41, 5.74) is 2.62. The number of anilines is 1. The van der Waals surface area contributed by atoms with Crippen LogP contribution in [0.4, 0.5) is 5.69 Å². The quantitative estimate of drug-likeness (QED) is 0.877. The Hall–Kier alpha value is -1.86. The minimum absolute atomic E-state index is 0.137. The fourth-order valence-electron chi connectivity index (χ4n) is 3.05. The Bertz CT molecular complexity index is 552. The predicted molar refractivity (Wildman–Crippen MR) is 89.0 cm³/mol. The van der Waals surface area contributed by atoms with Gasteiger partial charge >= 0.3 is 0 Å². The molecule has 1 fully saturated rings. The second kappa shape index (κ2) is 7.95. The van der Waals surface area contributed by atoms with Crippen molar-refractivity contribution in [2.24, 2.45) is 5.92 Å². The summed E-state index contributed by atoms with van der Waals surface area (Å²) in [4.78, 5) is 14.5. The Labute approximate surface area is 133 Å². The van der Waals surface area contributed by atoms with Gasteiger partial charge in [-0.25, -0.2) is 0 Å². The van der Waals surface area contributed by atoms with E-state index in [0.29, 0.717) is 12.0 Å². The molecular weight excluding hydrogens is 274 g/mol. The highest BCUT2D eigenvalue weighted by Gasteiger charge is 2.17. The molecule has 0 amide bonds. The first-order chi connectivity index (χ1) is 10.7. The SMILES string of the molecule is CCC(CC)C(=O)Cc1ccc(N2CCNCC2)c(C#N)c1. The molecule has 0 aromatic heterocycles. The van der Waals surface area contributed by atoms with Crippen LogP contribution in [-0.2, 0) is 11.2 Å². The molecule has 0 spiro atoms. The zero-order valence-corrected chi connectivity index (χ0v) is 13.6. The van der Waals surface area contributed by atoms with E-state index in [4.69, 9.17) is 0 Å². The van der Waals surface area contributed by atoms with E-state index in [-0.39, 0.29) is 11.7 Å². The van der Waals surface area contributed by atoms with Crippen LogP contribution >= 0.6 is 0 Å². The first-order valence-electron chi connectivity index (χ1n) is 8.21. The van der Waals surface area contributed by atoms with Gasteiger partial charge in [0.15, 0.2) is 0 Å². The summed E-state index contributed by atoms with van der Waals surface area (Å²) in [5.74, 6) is 0.419. The van der Waals surface area contributed by atoms with Crippen molar-refractivity contribution in [3.8, 4) is 6.07 Å². The molecule has 0 saturated carbocycles. The highest BCUT2D eigenvalue weighted by atomic mass is 16.1. The van der Waals surface area contributed by atoms with Crippen LogP contribution in [-0.4, -0.2) is 32.0 Å². The van der Waals surface area contributed by atoms with E-state index in [0.717, 1.165) is 50.3 Å². The summed E-state index contributed by atoms with van der Waals surface area (Å²) in [6.45, 7) is 7.83. The number of hydrogen-bond donors (Lipinski definition) is 1. The maximum Gasteiger partial charge on any atom is 0.140 e. The van der Waals surface area contributed by atoms with E-state index in [2.05, 4.69) is 30.1 Å². The molecule has 1 saturated heterocycles. The third-order valence-corrected chi connectivity index (χ3v) is 4.46. The van der Waals surface area contributed by atoms with Crippen molar-refractivity contribution in [2.75, 3.05) is 31.1 Å². The van der Waals surface area contributed by atoms with Crippen LogP contribution in [0.3, 0.4) is 0 Å². The third-order valence-electron chi connectivity index (χ3n) is 4.46. The topological polar surface area (TPSA) is 56.1 Å². The van der Waals surface area contributed by atoms with Crippen LogP contribution in [0.15, 0.2) is 18.2 Å². The van der Waals surface area contributed by atoms with Gasteiger partial charge in [-0.15, -0.1) is 0 Å². The molecule has 1 aliphatic rings. The zero-order chi connectivity index (χ0) is 15.9. The van der Waals surface area contributed by atoms with Gasteiger partial charge in [-0.2, -0.15) is 5.26 Å². The number of ketones is 1. The Morgan fingerprint density at radius 3 is 2.59 bits per heavy atom. The largest absolute Gasteiger partial charge is 0.368 e. The van der Waals surface area contributed by atoms with Gasteiger partial charge in [0.25, 0.3) is 0 Å². The maximum atomic E-state index is 12.3. The van der Waals surface area contributed by atoms with Gasteiger partial charge in [0.05, 0.1) is 11.3 Å². The van der Waals surface area contributed by atoms with Crippen molar-refractivity contribution < 1.29 is 4.79 Å².